The Morgan fingerprint density at radius 1 is 0.875 bits per heavy atom. The molecule has 0 saturated heterocycles. The fourth-order valence-electron chi connectivity index (χ4n) is 3.56. The van der Waals surface area contributed by atoms with E-state index in [-0.39, 0.29) is 0 Å². The Morgan fingerprint density at radius 2 is 1.38 bits per heavy atom. The topological polar surface area (TPSA) is 12.0 Å². The largest absolute Gasteiger partial charge is 0.313 e. The Labute approximate surface area is 101 Å². The van der Waals surface area contributed by atoms with Gasteiger partial charge in [0.1, 0.15) is 0 Å². The molecule has 94 valence electrons. The van der Waals surface area contributed by atoms with E-state index in [2.05, 4.69) is 33.0 Å². The molecule has 0 aromatic carbocycles. The maximum absolute atomic E-state index is 3.83. The summed E-state index contributed by atoms with van der Waals surface area (Å²) in [5, 5.41) is 3.83. The third-order valence-corrected chi connectivity index (χ3v) is 5.61. The second-order valence-corrected chi connectivity index (χ2v) is 7.14. The maximum atomic E-state index is 3.83. The Hall–Kier alpha value is -0.0400. The van der Waals surface area contributed by atoms with Gasteiger partial charge in [0, 0.05) is 6.04 Å². The van der Waals surface area contributed by atoms with Crippen LogP contribution < -0.4 is 5.32 Å². The van der Waals surface area contributed by atoms with Crippen LogP contribution in [0.25, 0.3) is 0 Å². The molecule has 1 heteroatoms. The molecule has 2 fully saturated rings. The number of hydrogen-bond donors (Lipinski definition) is 1. The molecule has 2 rings (SSSR count). The summed E-state index contributed by atoms with van der Waals surface area (Å²) in [4.78, 5) is 0. The van der Waals surface area contributed by atoms with Crippen molar-refractivity contribution in [2.45, 2.75) is 72.3 Å². The van der Waals surface area contributed by atoms with E-state index in [4.69, 9.17) is 0 Å². The average molecular weight is 223 g/mol. The first-order valence-electron chi connectivity index (χ1n) is 7.19. The highest BCUT2D eigenvalue weighted by atomic mass is 15.0. The van der Waals surface area contributed by atoms with Gasteiger partial charge >= 0.3 is 0 Å². The molecule has 1 nitrogen and oxygen atoms in total. The lowest BCUT2D eigenvalue weighted by Crippen LogP contribution is -2.28. The zero-order valence-corrected chi connectivity index (χ0v) is 11.6. The van der Waals surface area contributed by atoms with E-state index >= 15 is 0 Å². The second kappa shape index (κ2) is 4.33. The standard InChI is InChI=1S/C15H29N/c1-14(2)13(15(14,3)4)16-11-12-9-7-5-6-8-10-12/h12-13,16H,5-11H2,1-4H3. The molecule has 0 unspecified atom stereocenters. The molecular weight excluding hydrogens is 194 g/mol. The van der Waals surface area contributed by atoms with Gasteiger partial charge in [0.25, 0.3) is 0 Å². The third kappa shape index (κ3) is 2.16. The lowest BCUT2D eigenvalue weighted by atomic mass is 10.0. The fourth-order valence-corrected chi connectivity index (χ4v) is 3.56. The Balaban J connectivity index is 1.76. The molecule has 2 saturated carbocycles. The smallest absolute Gasteiger partial charge is 0.0181 e. The predicted octanol–water partition coefficient (Wildman–Crippen LogP) is 3.98. The third-order valence-electron chi connectivity index (χ3n) is 5.61. The molecular formula is C15H29N. The summed E-state index contributed by atoms with van der Waals surface area (Å²) in [5.41, 5.74) is 0.995. The quantitative estimate of drug-likeness (QED) is 0.714. The normalized spacial score (nSPS) is 30.0. The molecule has 0 aromatic heterocycles. The minimum atomic E-state index is 0.498. The van der Waals surface area contributed by atoms with Crippen LogP contribution in [0.15, 0.2) is 0 Å². The molecule has 0 radical (unpaired) electrons. The summed E-state index contributed by atoms with van der Waals surface area (Å²) in [6.45, 7) is 10.9. The van der Waals surface area contributed by atoms with Crippen molar-refractivity contribution >= 4 is 0 Å². The van der Waals surface area contributed by atoms with Crippen molar-refractivity contribution in [3.63, 3.8) is 0 Å². The van der Waals surface area contributed by atoms with Crippen LogP contribution in [0.2, 0.25) is 0 Å². The van der Waals surface area contributed by atoms with Crippen LogP contribution in [0.3, 0.4) is 0 Å². The molecule has 0 aliphatic heterocycles. The highest BCUT2D eigenvalue weighted by Gasteiger charge is 2.64. The summed E-state index contributed by atoms with van der Waals surface area (Å²) in [5.74, 6) is 0.953. The molecule has 16 heavy (non-hydrogen) atoms. The molecule has 0 atom stereocenters. The highest BCUT2D eigenvalue weighted by Crippen LogP contribution is 2.62. The van der Waals surface area contributed by atoms with Crippen LogP contribution in [0.5, 0.6) is 0 Å². The molecule has 0 aromatic rings. The van der Waals surface area contributed by atoms with Crippen LogP contribution in [-0.2, 0) is 0 Å². The highest BCUT2D eigenvalue weighted by molar-refractivity contribution is 5.17. The van der Waals surface area contributed by atoms with E-state index in [0.717, 1.165) is 12.0 Å². The van der Waals surface area contributed by atoms with E-state index in [1.54, 1.807) is 0 Å². The number of rotatable bonds is 3. The van der Waals surface area contributed by atoms with Crippen LogP contribution in [0, 0.1) is 16.7 Å². The molecule has 0 heterocycles. The van der Waals surface area contributed by atoms with Crippen LogP contribution in [-0.4, -0.2) is 12.6 Å². The van der Waals surface area contributed by atoms with Crippen molar-refractivity contribution in [3.8, 4) is 0 Å². The lowest BCUT2D eigenvalue weighted by Gasteiger charge is -2.15. The SMILES string of the molecule is CC1(C)C(NCC2CCCCCC2)C1(C)C. The van der Waals surface area contributed by atoms with E-state index in [0.29, 0.717) is 10.8 Å². The van der Waals surface area contributed by atoms with Crippen LogP contribution in [0.4, 0.5) is 0 Å². The molecule has 0 amide bonds. The van der Waals surface area contributed by atoms with E-state index in [1.165, 1.54) is 45.1 Å². The van der Waals surface area contributed by atoms with Gasteiger partial charge < -0.3 is 5.32 Å². The van der Waals surface area contributed by atoms with Gasteiger partial charge in [0.15, 0.2) is 0 Å². The minimum Gasteiger partial charge on any atom is -0.313 e. The fraction of sp³-hybridized carbons (Fsp3) is 1.00. The second-order valence-electron chi connectivity index (χ2n) is 7.14. The monoisotopic (exact) mass is 223 g/mol. The van der Waals surface area contributed by atoms with Crippen molar-refractivity contribution in [2.75, 3.05) is 6.54 Å². The van der Waals surface area contributed by atoms with Gasteiger partial charge in [-0.25, -0.2) is 0 Å². The van der Waals surface area contributed by atoms with E-state index in [9.17, 15) is 0 Å². The molecule has 0 bridgehead atoms. The zero-order chi connectivity index (χ0) is 11.8. The van der Waals surface area contributed by atoms with Crippen molar-refractivity contribution in [2.24, 2.45) is 16.7 Å². The van der Waals surface area contributed by atoms with Gasteiger partial charge in [-0.3, -0.25) is 0 Å². The first kappa shape index (κ1) is 12.4. The van der Waals surface area contributed by atoms with Crippen molar-refractivity contribution in [1.29, 1.82) is 0 Å². The summed E-state index contributed by atoms with van der Waals surface area (Å²) < 4.78 is 0. The maximum Gasteiger partial charge on any atom is 0.0181 e. The first-order chi connectivity index (χ1) is 7.46. The molecule has 2 aliphatic carbocycles. The Bertz CT molecular complexity index is 220. The van der Waals surface area contributed by atoms with Gasteiger partial charge in [-0.15, -0.1) is 0 Å². The van der Waals surface area contributed by atoms with Gasteiger partial charge in [0.05, 0.1) is 0 Å². The Kier molecular flexibility index (Phi) is 3.36. The van der Waals surface area contributed by atoms with Crippen molar-refractivity contribution in [3.05, 3.63) is 0 Å². The predicted molar refractivity (Wildman–Crippen MR) is 70.5 cm³/mol. The van der Waals surface area contributed by atoms with Crippen molar-refractivity contribution < 1.29 is 0 Å². The zero-order valence-electron chi connectivity index (χ0n) is 11.6. The number of hydrogen-bond acceptors (Lipinski definition) is 1. The van der Waals surface area contributed by atoms with Crippen LogP contribution >= 0.6 is 0 Å². The number of nitrogens with one attached hydrogen (secondary N) is 1. The summed E-state index contributed by atoms with van der Waals surface area (Å²) >= 11 is 0. The lowest BCUT2D eigenvalue weighted by molar-refractivity contribution is 0.406. The molecule has 0 spiro atoms. The summed E-state index contributed by atoms with van der Waals surface area (Å²) in [7, 11) is 0. The van der Waals surface area contributed by atoms with E-state index < -0.39 is 0 Å². The van der Waals surface area contributed by atoms with Gasteiger partial charge in [0.2, 0.25) is 0 Å². The first-order valence-corrected chi connectivity index (χ1v) is 7.19. The minimum absolute atomic E-state index is 0.498. The van der Waals surface area contributed by atoms with E-state index in [1.807, 2.05) is 0 Å². The summed E-state index contributed by atoms with van der Waals surface area (Å²) in [6.07, 6.45) is 8.78. The average Bonchev–Trinajstić information content (AvgIpc) is 2.73. The van der Waals surface area contributed by atoms with Gasteiger partial charge in [-0.1, -0.05) is 53.4 Å². The van der Waals surface area contributed by atoms with Crippen LogP contribution in [0.1, 0.15) is 66.2 Å². The van der Waals surface area contributed by atoms with Gasteiger partial charge in [-0.2, -0.15) is 0 Å². The molecule has 2 aliphatic rings. The summed E-state index contributed by atoms with van der Waals surface area (Å²) in [6, 6.07) is 0.739. The van der Waals surface area contributed by atoms with Crippen molar-refractivity contribution in [1.82, 2.24) is 5.32 Å². The Morgan fingerprint density at radius 3 is 1.81 bits per heavy atom. The molecule has 1 N–H and O–H groups in total. The van der Waals surface area contributed by atoms with Gasteiger partial charge in [-0.05, 0) is 36.1 Å².